The van der Waals surface area contributed by atoms with Crippen LogP contribution in [-0.2, 0) is 4.74 Å². The molecule has 0 saturated carbocycles. The van der Waals surface area contributed by atoms with E-state index in [1.54, 1.807) is 0 Å². The monoisotopic (exact) mass is 196 g/mol. The summed E-state index contributed by atoms with van der Waals surface area (Å²) < 4.78 is 5.34. The highest BCUT2D eigenvalue weighted by atomic mass is 16.5. The van der Waals surface area contributed by atoms with Gasteiger partial charge >= 0.3 is 0 Å². The van der Waals surface area contributed by atoms with Crippen molar-refractivity contribution in [3.63, 3.8) is 0 Å². The Hall–Kier alpha value is -0.460. The number of ether oxygens (including phenoxy) is 1. The van der Waals surface area contributed by atoms with Gasteiger partial charge in [-0.25, -0.2) is 0 Å². The molecule has 0 aliphatic carbocycles. The molecule has 0 spiro atoms. The smallest absolute Gasteiger partial charge is 0.0878 e. The molecule has 0 N–H and O–H groups in total. The van der Waals surface area contributed by atoms with Crippen LogP contribution in [0.2, 0.25) is 0 Å². The lowest BCUT2D eigenvalue weighted by Gasteiger charge is -2.26. The minimum atomic E-state index is 0.501. The van der Waals surface area contributed by atoms with Crippen molar-refractivity contribution in [2.75, 3.05) is 6.61 Å². The molecule has 1 unspecified atom stereocenters. The topological polar surface area (TPSA) is 9.23 Å². The van der Waals surface area contributed by atoms with Gasteiger partial charge in [0.15, 0.2) is 0 Å². The van der Waals surface area contributed by atoms with Gasteiger partial charge in [0, 0.05) is 0 Å². The molecule has 0 aromatic rings. The normalized spacial score (nSPS) is 27.0. The molecule has 0 bridgehead atoms. The second kappa shape index (κ2) is 6.10. The summed E-state index contributed by atoms with van der Waals surface area (Å²) >= 11 is 0. The molecule has 82 valence electrons. The van der Waals surface area contributed by atoms with Crippen molar-refractivity contribution < 1.29 is 4.74 Å². The highest BCUT2D eigenvalue weighted by Crippen LogP contribution is 2.34. The van der Waals surface area contributed by atoms with Crippen LogP contribution in [0.15, 0.2) is 12.3 Å². The van der Waals surface area contributed by atoms with Crippen molar-refractivity contribution in [2.45, 2.75) is 58.8 Å². The van der Waals surface area contributed by atoms with Crippen LogP contribution < -0.4 is 0 Å². The van der Waals surface area contributed by atoms with Gasteiger partial charge in [0.1, 0.15) is 0 Å². The summed E-state index contributed by atoms with van der Waals surface area (Å²) in [5.41, 5.74) is 0.501. The van der Waals surface area contributed by atoms with Crippen LogP contribution in [0.3, 0.4) is 0 Å². The van der Waals surface area contributed by atoms with Crippen LogP contribution >= 0.6 is 0 Å². The molecule has 1 nitrogen and oxygen atoms in total. The molecule has 1 heterocycles. The van der Waals surface area contributed by atoms with Crippen molar-refractivity contribution in [2.24, 2.45) is 5.41 Å². The van der Waals surface area contributed by atoms with Gasteiger partial charge in [-0.1, -0.05) is 39.5 Å². The Bertz CT molecular complexity index is 174. The van der Waals surface area contributed by atoms with Crippen molar-refractivity contribution in [1.29, 1.82) is 0 Å². The fraction of sp³-hybridized carbons (Fsp3) is 0.846. The molecule has 0 aromatic heterocycles. The molecule has 0 fully saturated rings. The van der Waals surface area contributed by atoms with Crippen LogP contribution in [0.5, 0.6) is 0 Å². The van der Waals surface area contributed by atoms with Gasteiger partial charge in [0.25, 0.3) is 0 Å². The molecule has 0 saturated heterocycles. The second-order valence-electron chi connectivity index (χ2n) is 4.82. The van der Waals surface area contributed by atoms with Gasteiger partial charge in [-0.2, -0.15) is 0 Å². The number of hydrogen-bond donors (Lipinski definition) is 0. The maximum atomic E-state index is 5.34. The van der Waals surface area contributed by atoms with Crippen molar-refractivity contribution in [3.05, 3.63) is 12.3 Å². The number of allylic oxidation sites excluding steroid dienone is 1. The number of rotatable bonds is 5. The summed E-state index contributed by atoms with van der Waals surface area (Å²) in [6, 6.07) is 0. The first kappa shape index (κ1) is 11.6. The highest BCUT2D eigenvalue weighted by Gasteiger charge is 2.23. The van der Waals surface area contributed by atoms with Gasteiger partial charge in [0.05, 0.1) is 12.9 Å². The van der Waals surface area contributed by atoms with E-state index in [9.17, 15) is 0 Å². The van der Waals surface area contributed by atoms with E-state index in [4.69, 9.17) is 4.74 Å². The summed E-state index contributed by atoms with van der Waals surface area (Å²) in [6.45, 7) is 5.57. The van der Waals surface area contributed by atoms with E-state index in [2.05, 4.69) is 19.9 Å². The molecule has 1 aliphatic rings. The maximum absolute atomic E-state index is 5.34. The predicted octanol–water partition coefficient (Wildman–Crippen LogP) is 4.29. The SMILES string of the molecule is CCCCCCC1(C)CC=COCC1. The van der Waals surface area contributed by atoms with E-state index in [0.717, 1.165) is 6.61 Å². The van der Waals surface area contributed by atoms with Crippen molar-refractivity contribution in [3.8, 4) is 0 Å². The average molecular weight is 196 g/mol. The van der Waals surface area contributed by atoms with E-state index in [1.807, 2.05) is 6.26 Å². The van der Waals surface area contributed by atoms with Crippen LogP contribution in [0, 0.1) is 5.41 Å². The molecule has 0 amide bonds. The van der Waals surface area contributed by atoms with Crippen molar-refractivity contribution in [1.82, 2.24) is 0 Å². The minimum absolute atomic E-state index is 0.501. The number of unbranched alkanes of at least 4 members (excludes halogenated alkanes) is 3. The standard InChI is InChI=1S/C13H24O/c1-3-4-5-6-8-13(2)9-7-11-14-12-10-13/h7,11H,3-6,8-10,12H2,1-2H3. The fourth-order valence-corrected chi connectivity index (χ4v) is 2.08. The summed E-state index contributed by atoms with van der Waals surface area (Å²) in [5, 5.41) is 0. The Morgan fingerprint density at radius 3 is 2.93 bits per heavy atom. The molecule has 1 aliphatic heterocycles. The first-order valence-corrected chi connectivity index (χ1v) is 6.03. The Kier molecular flexibility index (Phi) is 5.06. The van der Waals surface area contributed by atoms with Gasteiger partial charge in [-0.3, -0.25) is 0 Å². The lowest BCUT2D eigenvalue weighted by atomic mass is 9.79. The summed E-state index contributed by atoms with van der Waals surface area (Å²) in [5.74, 6) is 0. The zero-order valence-electron chi connectivity index (χ0n) is 9.72. The fourth-order valence-electron chi connectivity index (χ4n) is 2.08. The third-order valence-corrected chi connectivity index (χ3v) is 3.26. The summed E-state index contributed by atoms with van der Waals surface area (Å²) in [7, 11) is 0. The zero-order chi connectivity index (χ0) is 10.3. The van der Waals surface area contributed by atoms with E-state index in [-0.39, 0.29) is 0 Å². The lowest BCUT2D eigenvalue weighted by Crippen LogP contribution is -2.16. The average Bonchev–Trinajstić information content (AvgIpc) is 2.39. The second-order valence-corrected chi connectivity index (χ2v) is 4.82. The molecule has 14 heavy (non-hydrogen) atoms. The molecular weight excluding hydrogens is 172 g/mol. The third kappa shape index (κ3) is 4.17. The van der Waals surface area contributed by atoms with Gasteiger partial charge < -0.3 is 4.74 Å². The minimum Gasteiger partial charge on any atom is -0.502 e. The molecule has 1 rings (SSSR count). The first-order chi connectivity index (χ1) is 6.77. The lowest BCUT2D eigenvalue weighted by molar-refractivity contribution is 0.182. The van der Waals surface area contributed by atoms with Crippen LogP contribution in [0.1, 0.15) is 58.8 Å². The number of hydrogen-bond acceptors (Lipinski definition) is 1. The Labute approximate surface area is 88.5 Å². The van der Waals surface area contributed by atoms with Crippen LogP contribution in [-0.4, -0.2) is 6.61 Å². The third-order valence-electron chi connectivity index (χ3n) is 3.26. The van der Waals surface area contributed by atoms with Crippen molar-refractivity contribution >= 4 is 0 Å². The Morgan fingerprint density at radius 2 is 2.14 bits per heavy atom. The van der Waals surface area contributed by atoms with E-state index < -0.39 is 0 Å². The largest absolute Gasteiger partial charge is 0.502 e. The van der Waals surface area contributed by atoms with Crippen LogP contribution in [0.25, 0.3) is 0 Å². The first-order valence-electron chi connectivity index (χ1n) is 6.03. The van der Waals surface area contributed by atoms with Gasteiger partial charge in [-0.05, 0) is 30.8 Å². The van der Waals surface area contributed by atoms with Gasteiger partial charge in [0.2, 0.25) is 0 Å². The predicted molar refractivity (Wildman–Crippen MR) is 61.2 cm³/mol. The Balaban J connectivity index is 2.22. The molecule has 0 aromatic carbocycles. The van der Waals surface area contributed by atoms with E-state index in [1.165, 1.54) is 44.9 Å². The molecule has 1 atom stereocenters. The summed E-state index contributed by atoms with van der Waals surface area (Å²) in [6.07, 6.45) is 13.3. The Morgan fingerprint density at radius 1 is 1.29 bits per heavy atom. The maximum Gasteiger partial charge on any atom is 0.0878 e. The molecule has 1 heteroatoms. The van der Waals surface area contributed by atoms with Crippen LogP contribution in [0.4, 0.5) is 0 Å². The van der Waals surface area contributed by atoms with E-state index in [0.29, 0.717) is 5.41 Å². The zero-order valence-corrected chi connectivity index (χ0v) is 9.72. The summed E-state index contributed by atoms with van der Waals surface area (Å²) in [4.78, 5) is 0. The van der Waals surface area contributed by atoms with E-state index >= 15 is 0 Å². The highest BCUT2D eigenvalue weighted by molar-refractivity contribution is 4.88. The quantitative estimate of drug-likeness (QED) is 0.596. The molecular formula is C13H24O. The van der Waals surface area contributed by atoms with Gasteiger partial charge in [-0.15, -0.1) is 0 Å². The molecule has 0 radical (unpaired) electrons.